The number of rotatable bonds is 6. The molecule has 2 aliphatic heterocycles. The molecular weight excluding hydrogens is 400 g/mol. The minimum atomic E-state index is 0.136. The molecule has 2 aliphatic rings. The van der Waals surface area contributed by atoms with Crippen LogP contribution in [0, 0.1) is 12.8 Å². The normalized spacial score (nSPS) is 21.9. The third-order valence-electron chi connectivity index (χ3n) is 6.40. The maximum atomic E-state index is 6.18. The van der Waals surface area contributed by atoms with Crippen LogP contribution in [0.4, 0.5) is 5.69 Å². The standard InChI is InChI=1S/C26H36N4O2/c1-20-9-11-21(12-10-20)25-23(7-5-15-32-25)19-29-26(27-2)28-18-22-6-3-4-8-24(22)30-13-16-31-17-14-30/h3-4,6,8-12,23,25H,5,7,13-19H2,1-2H3,(H2,27,28,29). The lowest BCUT2D eigenvalue weighted by atomic mass is 9.89. The van der Waals surface area contributed by atoms with Crippen molar-refractivity contribution in [1.29, 1.82) is 0 Å². The molecule has 2 saturated heterocycles. The van der Waals surface area contributed by atoms with Crippen LogP contribution in [-0.2, 0) is 16.0 Å². The van der Waals surface area contributed by atoms with Gasteiger partial charge in [0.15, 0.2) is 5.96 Å². The second-order valence-electron chi connectivity index (χ2n) is 8.64. The van der Waals surface area contributed by atoms with Crippen molar-refractivity contribution in [2.24, 2.45) is 10.9 Å². The molecule has 2 aromatic rings. The predicted molar refractivity (Wildman–Crippen MR) is 130 cm³/mol. The van der Waals surface area contributed by atoms with Crippen LogP contribution in [0.2, 0.25) is 0 Å². The molecule has 32 heavy (non-hydrogen) atoms. The molecule has 2 unspecified atom stereocenters. The third kappa shape index (κ3) is 5.81. The van der Waals surface area contributed by atoms with Crippen LogP contribution in [0.15, 0.2) is 53.5 Å². The molecule has 6 heteroatoms. The van der Waals surface area contributed by atoms with Gasteiger partial charge >= 0.3 is 0 Å². The van der Waals surface area contributed by atoms with E-state index >= 15 is 0 Å². The number of morpholine rings is 1. The molecule has 0 aliphatic carbocycles. The van der Waals surface area contributed by atoms with E-state index in [0.717, 1.165) is 64.8 Å². The number of nitrogens with one attached hydrogen (secondary N) is 2. The van der Waals surface area contributed by atoms with Crippen LogP contribution in [-0.4, -0.2) is 52.5 Å². The Morgan fingerprint density at radius 1 is 1.03 bits per heavy atom. The summed E-state index contributed by atoms with van der Waals surface area (Å²) in [7, 11) is 1.83. The average Bonchev–Trinajstić information content (AvgIpc) is 2.86. The van der Waals surface area contributed by atoms with Crippen molar-refractivity contribution in [3.8, 4) is 0 Å². The van der Waals surface area contributed by atoms with Crippen molar-refractivity contribution >= 4 is 11.6 Å². The number of benzene rings is 2. The van der Waals surface area contributed by atoms with Gasteiger partial charge in [-0.1, -0.05) is 48.0 Å². The van der Waals surface area contributed by atoms with E-state index in [4.69, 9.17) is 9.47 Å². The lowest BCUT2D eigenvalue weighted by molar-refractivity contribution is -0.0265. The molecule has 0 bridgehead atoms. The summed E-state index contributed by atoms with van der Waals surface area (Å²) in [6, 6.07) is 17.3. The van der Waals surface area contributed by atoms with Crippen LogP contribution in [0.3, 0.4) is 0 Å². The molecule has 172 valence electrons. The SMILES string of the molecule is CN=C(NCc1ccccc1N1CCOCC1)NCC1CCCOC1c1ccc(C)cc1. The minimum absolute atomic E-state index is 0.136. The molecule has 2 heterocycles. The van der Waals surface area contributed by atoms with E-state index in [0.29, 0.717) is 5.92 Å². The molecule has 6 nitrogen and oxygen atoms in total. The summed E-state index contributed by atoms with van der Waals surface area (Å²) >= 11 is 0. The Balaban J connectivity index is 1.34. The van der Waals surface area contributed by atoms with Crippen molar-refractivity contribution in [2.45, 2.75) is 32.4 Å². The van der Waals surface area contributed by atoms with E-state index in [-0.39, 0.29) is 6.10 Å². The van der Waals surface area contributed by atoms with E-state index in [2.05, 4.69) is 76.0 Å². The van der Waals surface area contributed by atoms with E-state index in [1.807, 2.05) is 7.05 Å². The number of aliphatic imine (C=N–C) groups is 1. The van der Waals surface area contributed by atoms with Gasteiger partial charge in [-0.25, -0.2) is 0 Å². The molecule has 2 fully saturated rings. The van der Waals surface area contributed by atoms with Gasteiger partial charge in [-0.15, -0.1) is 0 Å². The first-order valence-corrected chi connectivity index (χ1v) is 11.8. The number of guanidine groups is 1. The highest BCUT2D eigenvalue weighted by Crippen LogP contribution is 2.33. The fourth-order valence-corrected chi connectivity index (χ4v) is 4.58. The topological polar surface area (TPSA) is 58.1 Å². The van der Waals surface area contributed by atoms with Crippen molar-refractivity contribution < 1.29 is 9.47 Å². The smallest absolute Gasteiger partial charge is 0.191 e. The Morgan fingerprint density at radius 2 is 1.81 bits per heavy atom. The van der Waals surface area contributed by atoms with Crippen LogP contribution in [0.1, 0.15) is 35.6 Å². The number of aryl methyl sites for hydroxylation is 1. The van der Waals surface area contributed by atoms with E-state index in [1.165, 1.54) is 22.4 Å². The molecule has 0 spiro atoms. The van der Waals surface area contributed by atoms with Crippen molar-refractivity contribution in [3.63, 3.8) is 0 Å². The van der Waals surface area contributed by atoms with Gasteiger partial charge in [0.05, 0.1) is 19.3 Å². The Morgan fingerprint density at radius 3 is 2.59 bits per heavy atom. The lowest BCUT2D eigenvalue weighted by Gasteiger charge is -2.33. The molecule has 2 atom stereocenters. The minimum Gasteiger partial charge on any atom is -0.378 e. The summed E-state index contributed by atoms with van der Waals surface area (Å²) in [6.45, 7) is 7.97. The van der Waals surface area contributed by atoms with E-state index in [9.17, 15) is 0 Å². The molecule has 4 rings (SSSR count). The highest BCUT2D eigenvalue weighted by molar-refractivity contribution is 5.79. The van der Waals surface area contributed by atoms with Crippen molar-refractivity contribution in [3.05, 3.63) is 65.2 Å². The summed E-state index contributed by atoms with van der Waals surface area (Å²) in [6.07, 6.45) is 2.40. The van der Waals surface area contributed by atoms with Gasteiger partial charge in [0.25, 0.3) is 0 Å². The highest BCUT2D eigenvalue weighted by atomic mass is 16.5. The fourth-order valence-electron chi connectivity index (χ4n) is 4.58. The van der Waals surface area contributed by atoms with Gasteiger partial charge in [-0.05, 0) is 37.0 Å². The number of anilines is 1. The Kier molecular flexibility index (Phi) is 8.02. The van der Waals surface area contributed by atoms with Crippen LogP contribution < -0.4 is 15.5 Å². The maximum absolute atomic E-state index is 6.18. The zero-order valence-corrected chi connectivity index (χ0v) is 19.3. The molecule has 0 amide bonds. The van der Waals surface area contributed by atoms with E-state index in [1.54, 1.807) is 0 Å². The second kappa shape index (κ2) is 11.3. The van der Waals surface area contributed by atoms with Crippen LogP contribution >= 0.6 is 0 Å². The Hall–Kier alpha value is -2.57. The van der Waals surface area contributed by atoms with Gasteiger partial charge in [0.2, 0.25) is 0 Å². The number of nitrogens with zero attached hydrogens (tertiary/aromatic N) is 2. The zero-order chi connectivity index (χ0) is 22.2. The molecular formula is C26H36N4O2. The quantitative estimate of drug-likeness (QED) is 0.535. The van der Waals surface area contributed by atoms with Gasteiger partial charge in [-0.3, -0.25) is 4.99 Å². The van der Waals surface area contributed by atoms with Crippen LogP contribution in [0.25, 0.3) is 0 Å². The summed E-state index contributed by atoms with van der Waals surface area (Å²) in [5, 5.41) is 7.05. The molecule has 0 saturated carbocycles. The number of hydrogen-bond donors (Lipinski definition) is 2. The Labute approximate surface area is 192 Å². The number of ether oxygens (including phenoxy) is 2. The van der Waals surface area contributed by atoms with Gasteiger partial charge in [0, 0.05) is 51.4 Å². The zero-order valence-electron chi connectivity index (χ0n) is 19.3. The van der Waals surface area contributed by atoms with Crippen molar-refractivity contribution in [1.82, 2.24) is 10.6 Å². The summed E-state index contributed by atoms with van der Waals surface area (Å²) < 4.78 is 11.7. The summed E-state index contributed by atoms with van der Waals surface area (Å²) in [5.74, 6) is 1.25. The highest BCUT2D eigenvalue weighted by Gasteiger charge is 2.27. The molecule has 2 aromatic carbocycles. The van der Waals surface area contributed by atoms with Crippen LogP contribution in [0.5, 0.6) is 0 Å². The lowest BCUT2D eigenvalue weighted by Crippen LogP contribution is -2.42. The fraction of sp³-hybridized carbons (Fsp3) is 0.500. The summed E-state index contributed by atoms with van der Waals surface area (Å²) in [5.41, 5.74) is 5.10. The first-order chi connectivity index (χ1) is 15.7. The first kappa shape index (κ1) is 22.6. The third-order valence-corrected chi connectivity index (χ3v) is 6.40. The number of hydrogen-bond acceptors (Lipinski definition) is 4. The molecule has 0 aromatic heterocycles. The van der Waals surface area contributed by atoms with Gasteiger partial charge in [0.1, 0.15) is 0 Å². The number of para-hydroxylation sites is 1. The predicted octanol–water partition coefficient (Wildman–Crippen LogP) is 3.66. The summed E-state index contributed by atoms with van der Waals surface area (Å²) in [4.78, 5) is 6.86. The first-order valence-electron chi connectivity index (χ1n) is 11.8. The maximum Gasteiger partial charge on any atom is 0.191 e. The van der Waals surface area contributed by atoms with Crippen molar-refractivity contribution in [2.75, 3.05) is 51.4 Å². The van der Waals surface area contributed by atoms with Gasteiger partial charge in [-0.2, -0.15) is 0 Å². The largest absolute Gasteiger partial charge is 0.378 e. The monoisotopic (exact) mass is 436 g/mol. The Bertz CT molecular complexity index is 878. The molecule has 0 radical (unpaired) electrons. The second-order valence-corrected chi connectivity index (χ2v) is 8.64. The van der Waals surface area contributed by atoms with E-state index < -0.39 is 0 Å². The van der Waals surface area contributed by atoms with Gasteiger partial charge < -0.3 is 25.0 Å². The molecule has 2 N–H and O–H groups in total. The average molecular weight is 437 g/mol.